The van der Waals surface area contributed by atoms with E-state index in [-0.39, 0.29) is 29.0 Å². The number of piperidine rings is 2. The normalized spacial score (nSPS) is 20.1. The summed E-state index contributed by atoms with van der Waals surface area (Å²) in [5, 5.41) is 10.3. The first kappa shape index (κ1) is 44.4. The average molecular weight is 876 g/mol. The van der Waals surface area contributed by atoms with Crippen LogP contribution in [0.15, 0.2) is 84.3 Å². The van der Waals surface area contributed by atoms with E-state index in [0.29, 0.717) is 106 Å². The summed E-state index contributed by atoms with van der Waals surface area (Å²) in [5.41, 5.74) is 22.5. The van der Waals surface area contributed by atoms with E-state index in [2.05, 4.69) is 31.7 Å². The highest BCUT2D eigenvalue weighted by atomic mass is 16.5. The second-order valence-corrected chi connectivity index (χ2v) is 17.5. The minimum absolute atomic E-state index is 0.0523. The van der Waals surface area contributed by atoms with Crippen LogP contribution in [-0.2, 0) is 14.3 Å². The zero-order valence-corrected chi connectivity index (χ0v) is 36.7. The van der Waals surface area contributed by atoms with Crippen molar-refractivity contribution in [2.24, 2.45) is 23.1 Å². The quantitative estimate of drug-likeness (QED) is 0.111. The van der Waals surface area contributed by atoms with Gasteiger partial charge in [0.25, 0.3) is 11.8 Å². The van der Waals surface area contributed by atoms with E-state index in [4.69, 9.17) is 26.7 Å². The van der Waals surface area contributed by atoms with E-state index >= 15 is 0 Å². The van der Waals surface area contributed by atoms with E-state index in [1.54, 1.807) is 43.3 Å². The van der Waals surface area contributed by atoms with Gasteiger partial charge in [-0.1, -0.05) is 25.1 Å². The molecule has 3 aromatic rings. The van der Waals surface area contributed by atoms with Crippen molar-refractivity contribution in [3.8, 4) is 11.5 Å². The van der Waals surface area contributed by atoms with Crippen molar-refractivity contribution >= 4 is 41.1 Å². The number of allylic oxidation sites excluding steroid dienone is 1. The van der Waals surface area contributed by atoms with Gasteiger partial charge in [-0.3, -0.25) is 24.2 Å². The zero-order chi connectivity index (χ0) is 45.0. The Morgan fingerprint density at radius 1 is 0.844 bits per heavy atom. The molecule has 0 aromatic heterocycles. The maximum Gasteiger partial charge on any atom is 0.262 e. The first-order chi connectivity index (χ1) is 31.0. The maximum absolute atomic E-state index is 13.6. The molecular weight excluding hydrogens is 815 g/mol. The molecule has 0 aliphatic carbocycles. The lowest BCUT2D eigenvalue weighted by atomic mass is 9.88. The number of carbonyl (C=O) groups is 4. The molecule has 7 N–H and O–H groups in total. The molecule has 4 saturated heterocycles. The SMILES string of the molecule is CCC(C=O)N1C(=O)c2ccc(N3CCC(C(=O)N4CCN(CCOc5cccc(N6CCOC7(CCN(C(/C=C(\N)c8ccccc8O)=C(N)N)CC7)C6)c5)CC4)CC3)cc2C1=O. The summed E-state index contributed by atoms with van der Waals surface area (Å²) < 4.78 is 12.8. The van der Waals surface area contributed by atoms with Crippen LogP contribution >= 0.6 is 0 Å². The van der Waals surface area contributed by atoms with Crippen molar-refractivity contribution in [1.82, 2.24) is 19.6 Å². The van der Waals surface area contributed by atoms with Gasteiger partial charge in [-0.2, -0.15) is 0 Å². The van der Waals surface area contributed by atoms with E-state index in [1.807, 2.05) is 29.2 Å². The Bertz CT molecular complexity index is 2270. The number of para-hydroxylation sites is 1. The number of nitrogens with two attached hydrogens (primary N) is 3. The van der Waals surface area contributed by atoms with Crippen LogP contribution in [0.4, 0.5) is 11.4 Å². The lowest BCUT2D eigenvalue weighted by Crippen LogP contribution is -2.57. The number of hydrogen-bond donors (Lipinski definition) is 4. The van der Waals surface area contributed by atoms with Crippen LogP contribution in [0.1, 0.15) is 65.3 Å². The Morgan fingerprint density at radius 2 is 1.56 bits per heavy atom. The number of anilines is 2. The lowest BCUT2D eigenvalue weighted by Gasteiger charge is -2.48. The van der Waals surface area contributed by atoms with Crippen LogP contribution in [0.5, 0.6) is 11.5 Å². The molecule has 0 saturated carbocycles. The molecule has 4 fully saturated rings. The number of amides is 3. The van der Waals surface area contributed by atoms with Gasteiger partial charge in [0.15, 0.2) is 0 Å². The Balaban J connectivity index is 0.766. The summed E-state index contributed by atoms with van der Waals surface area (Å²) in [7, 11) is 0. The summed E-state index contributed by atoms with van der Waals surface area (Å²) in [4.78, 5) is 63.3. The van der Waals surface area contributed by atoms with Crippen molar-refractivity contribution in [1.29, 1.82) is 0 Å². The number of aldehydes is 1. The highest BCUT2D eigenvalue weighted by Gasteiger charge is 2.42. The fourth-order valence-corrected chi connectivity index (χ4v) is 9.81. The molecule has 0 radical (unpaired) electrons. The fraction of sp³-hybridized carbons (Fsp3) is 0.458. The third-order valence-electron chi connectivity index (χ3n) is 13.6. The van der Waals surface area contributed by atoms with Gasteiger partial charge in [0.1, 0.15) is 30.2 Å². The summed E-state index contributed by atoms with van der Waals surface area (Å²) in [6.07, 6.45) is 5.77. The number of piperazine rings is 1. The largest absolute Gasteiger partial charge is 0.507 e. The predicted octanol–water partition coefficient (Wildman–Crippen LogP) is 3.16. The highest BCUT2D eigenvalue weighted by molar-refractivity contribution is 6.22. The first-order valence-electron chi connectivity index (χ1n) is 22.6. The van der Waals surface area contributed by atoms with E-state index in [0.717, 1.165) is 67.6 Å². The third kappa shape index (κ3) is 9.34. The van der Waals surface area contributed by atoms with E-state index < -0.39 is 17.9 Å². The molecule has 1 spiro atoms. The van der Waals surface area contributed by atoms with Gasteiger partial charge in [-0.15, -0.1) is 0 Å². The zero-order valence-electron chi connectivity index (χ0n) is 36.7. The number of phenolic OH excluding ortho intramolecular Hbond substituents is 1. The fourth-order valence-electron chi connectivity index (χ4n) is 9.81. The number of benzene rings is 3. The smallest absolute Gasteiger partial charge is 0.262 e. The highest BCUT2D eigenvalue weighted by Crippen LogP contribution is 2.36. The van der Waals surface area contributed by atoms with Gasteiger partial charge in [-0.25, -0.2) is 0 Å². The van der Waals surface area contributed by atoms with Crippen LogP contribution in [-0.4, -0.2) is 146 Å². The van der Waals surface area contributed by atoms with Crippen LogP contribution in [0.3, 0.4) is 0 Å². The number of nitrogens with zero attached hydrogens (tertiary/aromatic N) is 6. The van der Waals surface area contributed by atoms with Crippen molar-refractivity contribution in [3.05, 3.63) is 101 Å². The average Bonchev–Trinajstić information content (AvgIpc) is 3.56. The number of aromatic hydroxyl groups is 1. The van der Waals surface area contributed by atoms with E-state index in [1.165, 1.54) is 0 Å². The molecule has 8 rings (SSSR count). The summed E-state index contributed by atoms with van der Waals surface area (Å²) >= 11 is 0. The number of morpholine rings is 1. The molecule has 5 heterocycles. The number of ether oxygens (including phenoxy) is 2. The monoisotopic (exact) mass is 875 g/mol. The molecule has 16 nitrogen and oxygen atoms in total. The summed E-state index contributed by atoms with van der Waals surface area (Å²) in [6.45, 7) is 10.9. The van der Waals surface area contributed by atoms with Crippen LogP contribution in [0.25, 0.3) is 5.70 Å². The van der Waals surface area contributed by atoms with Crippen molar-refractivity contribution in [2.75, 3.05) is 95.0 Å². The predicted molar refractivity (Wildman–Crippen MR) is 244 cm³/mol. The number of carbonyl (C=O) groups excluding carboxylic acids is 4. The first-order valence-corrected chi connectivity index (χ1v) is 22.6. The number of imide groups is 1. The van der Waals surface area contributed by atoms with Gasteiger partial charge in [0.2, 0.25) is 5.91 Å². The Hall–Kier alpha value is -6.26. The molecule has 16 heteroatoms. The van der Waals surface area contributed by atoms with Gasteiger partial charge in [-0.05, 0) is 80.6 Å². The maximum atomic E-state index is 13.6. The molecule has 0 bridgehead atoms. The number of fused-ring (bicyclic) bond motifs is 1. The molecule has 5 aliphatic rings. The Labute approximate surface area is 374 Å². The van der Waals surface area contributed by atoms with Crippen molar-refractivity contribution in [2.45, 2.75) is 50.7 Å². The summed E-state index contributed by atoms with van der Waals surface area (Å²) in [5.74, 6) is 0.390. The molecular formula is C48H61N9O7. The molecule has 3 amide bonds. The Morgan fingerprint density at radius 3 is 2.27 bits per heavy atom. The third-order valence-corrected chi connectivity index (χ3v) is 13.6. The molecule has 1 atom stereocenters. The van der Waals surface area contributed by atoms with Gasteiger partial charge in [0.05, 0.1) is 35.1 Å². The van der Waals surface area contributed by atoms with Gasteiger partial charge in [0, 0.05) is 107 Å². The number of likely N-dealkylation sites (tertiary alicyclic amines) is 1. The van der Waals surface area contributed by atoms with Gasteiger partial charge >= 0.3 is 0 Å². The van der Waals surface area contributed by atoms with Crippen LogP contribution < -0.4 is 31.7 Å². The second-order valence-electron chi connectivity index (χ2n) is 17.5. The lowest BCUT2D eigenvalue weighted by molar-refractivity contribution is -0.138. The summed E-state index contributed by atoms with van der Waals surface area (Å²) in [6, 6.07) is 19.7. The molecule has 1 unspecified atom stereocenters. The molecule has 3 aromatic carbocycles. The van der Waals surface area contributed by atoms with Crippen molar-refractivity contribution < 1.29 is 33.8 Å². The molecule has 340 valence electrons. The topological polar surface area (TPSA) is 204 Å². The minimum Gasteiger partial charge on any atom is -0.507 e. The number of rotatable bonds is 13. The molecule has 5 aliphatic heterocycles. The number of hydrogen-bond acceptors (Lipinski definition) is 14. The number of phenols is 1. The Kier molecular flexibility index (Phi) is 13.3. The van der Waals surface area contributed by atoms with E-state index in [9.17, 15) is 24.3 Å². The van der Waals surface area contributed by atoms with Gasteiger partial charge < -0.3 is 56.2 Å². The van der Waals surface area contributed by atoms with Crippen LogP contribution in [0, 0.1) is 5.92 Å². The second kappa shape index (κ2) is 19.2. The van der Waals surface area contributed by atoms with Crippen molar-refractivity contribution in [3.63, 3.8) is 0 Å². The molecule has 64 heavy (non-hydrogen) atoms. The van der Waals surface area contributed by atoms with Crippen LogP contribution in [0.2, 0.25) is 0 Å². The standard InChI is InChI=1S/C48H61N9O7/c1-2-34(31-58)57-46(61)38-11-10-36(29-40(38)47(57)62)53-16-12-33(13-17-53)45(60)55-22-20-52(21-23-55)24-26-63-37-7-5-6-35(28-37)56-25-27-64-48(32-56)14-18-54(19-15-48)42(44(50)51)30-41(49)39-8-3-4-9-43(39)59/h3-11,28-31,33-34,59H,2,12-27,32,49-51H2,1H3/b41-30-. The minimum atomic E-state index is -0.768.